The lowest BCUT2D eigenvalue weighted by Gasteiger charge is -2.14. The first-order chi connectivity index (χ1) is 12.8. The molecule has 8 heteroatoms. The van der Waals surface area contributed by atoms with Gasteiger partial charge in [0.15, 0.2) is 0 Å². The second kappa shape index (κ2) is 9.94. The predicted molar refractivity (Wildman–Crippen MR) is 106 cm³/mol. The molecule has 0 bridgehead atoms. The van der Waals surface area contributed by atoms with Crippen molar-refractivity contribution >= 4 is 46.6 Å². The highest BCUT2D eigenvalue weighted by Crippen LogP contribution is 2.25. The van der Waals surface area contributed by atoms with Crippen LogP contribution in [0.3, 0.4) is 0 Å². The fraction of sp³-hybridized carbons (Fsp3) is 0.211. The maximum atomic E-state index is 12.0. The van der Waals surface area contributed by atoms with Gasteiger partial charge in [-0.2, -0.15) is 0 Å². The summed E-state index contributed by atoms with van der Waals surface area (Å²) in [5, 5.41) is 8.59. The van der Waals surface area contributed by atoms with Crippen LogP contribution in [0.15, 0.2) is 48.5 Å². The van der Waals surface area contributed by atoms with Gasteiger partial charge in [0.25, 0.3) is 5.91 Å². The fourth-order valence-electron chi connectivity index (χ4n) is 2.26. The van der Waals surface area contributed by atoms with E-state index in [-0.39, 0.29) is 30.8 Å². The van der Waals surface area contributed by atoms with E-state index in [4.69, 9.17) is 23.2 Å². The molecule has 3 N–H and O–H groups in total. The lowest BCUT2D eigenvalue weighted by Crippen LogP contribution is -2.39. The summed E-state index contributed by atoms with van der Waals surface area (Å²) in [6.07, 6.45) is 0.0454. The minimum Gasteiger partial charge on any atom is -0.349 e. The van der Waals surface area contributed by atoms with E-state index < -0.39 is 5.91 Å². The molecule has 0 radical (unpaired) electrons. The maximum absolute atomic E-state index is 12.0. The van der Waals surface area contributed by atoms with E-state index in [9.17, 15) is 14.4 Å². The lowest BCUT2D eigenvalue weighted by atomic mass is 10.1. The van der Waals surface area contributed by atoms with Crippen LogP contribution in [-0.2, 0) is 9.59 Å². The highest BCUT2D eigenvalue weighted by molar-refractivity contribution is 6.35. The zero-order valence-corrected chi connectivity index (χ0v) is 16.1. The van der Waals surface area contributed by atoms with Gasteiger partial charge in [0.05, 0.1) is 17.3 Å². The van der Waals surface area contributed by atoms with Crippen molar-refractivity contribution in [1.82, 2.24) is 10.6 Å². The number of rotatable bonds is 7. The first kappa shape index (κ1) is 20.7. The standard InChI is InChI=1S/C19H19Cl2N3O3/c1-12(23-19(27)13-5-3-2-4-6-13)9-17(25)22-11-18(26)24-16-10-14(20)7-8-15(16)21/h2-8,10,12H,9,11H2,1H3,(H,22,25)(H,23,27)(H,24,26)/t12-/m1/s1. The molecule has 0 saturated carbocycles. The summed E-state index contributed by atoms with van der Waals surface area (Å²) in [6.45, 7) is 1.49. The summed E-state index contributed by atoms with van der Waals surface area (Å²) in [5.74, 6) is -1.05. The van der Waals surface area contributed by atoms with Gasteiger partial charge in [0.1, 0.15) is 0 Å². The van der Waals surface area contributed by atoms with Crippen LogP contribution in [-0.4, -0.2) is 30.3 Å². The molecule has 0 aromatic heterocycles. The van der Waals surface area contributed by atoms with Crippen molar-refractivity contribution in [3.63, 3.8) is 0 Å². The number of amides is 3. The molecule has 0 fully saturated rings. The molecule has 2 rings (SSSR count). The molecule has 0 aliphatic rings. The largest absolute Gasteiger partial charge is 0.349 e. The molecule has 0 unspecified atom stereocenters. The van der Waals surface area contributed by atoms with Gasteiger partial charge in [-0.25, -0.2) is 0 Å². The summed E-state index contributed by atoms with van der Waals surface area (Å²) in [7, 11) is 0. The number of hydrogen-bond donors (Lipinski definition) is 3. The van der Waals surface area contributed by atoms with Gasteiger partial charge in [-0.05, 0) is 37.3 Å². The quantitative estimate of drug-likeness (QED) is 0.657. The molecule has 0 heterocycles. The molecule has 0 saturated heterocycles. The molecule has 3 amide bonds. The van der Waals surface area contributed by atoms with Crippen molar-refractivity contribution in [2.24, 2.45) is 0 Å². The van der Waals surface area contributed by atoms with Gasteiger partial charge in [0.2, 0.25) is 11.8 Å². The van der Waals surface area contributed by atoms with Crippen molar-refractivity contribution in [3.05, 3.63) is 64.1 Å². The first-order valence-electron chi connectivity index (χ1n) is 8.22. The Morgan fingerprint density at radius 3 is 2.41 bits per heavy atom. The van der Waals surface area contributed by atoms with Crippen molar-refractivity contribution < 1.29 is 14.4 Å². The van der Waals surface area contributed by atoms with Gasteiger partial charge in [0, 0.05) is 23.0 Å². The Labute approximate surface area is 167 Å². The minimum atomic E-state index is -0.437. The van der Waals surface area contributed by atoms with Crippen LogP contribution >= 0.6 is 23.2 Å². The van der Waals surface area contributed by atoms with Crippen molar-refractivity contribution in [1.29, 1.82) is 0 Å². The number of benzene rings is 2. The Balaban J connectivity index is 1.75. The van der Waals surface area contributed by atoms with Crippen molar-refractivity contribution in [2.45, 2.75) is 19.4 Å². The molecule has 27 heavy (non-hydrogen) atoms. The van der Waals surface area contributed by atoms with Crippen molar-refractivity contribution in [3.8, 4) is 0 Å². The zero-order valence-electron chi connectivity index (χ0n) is 14.6. The van der Waals surface area contributed by atoms with Crippen LogP contribution in [0.2, 0.25) is 10.0 Å². The summed E-state index contributed by atoms with van der Waals surface area (Å²) >= 11 is 11.8. The van der Waals surface area contributed by atoms with Crippen LogP contribution < -0.4 is 16.0 Å². The zero-order chi connectivity index (χ0) is 19.8. The van der Waals surface area contributed by atoms with Gasteiger partial charge >= 0.3 is 0 Å². The molecule has 2 aromatic rings. The van der Waals surface area contributed by atoms with Crippen LogP contribution in [0.4, 0.5) is 5.69 Å². The van der Waals surface area contributed by atoms with E-state index in [1.54, 1.807) is 43.3 Å². The first-order valence-corrected chi connectivity index (χ1v) is 8.98. The summed E-state index contributed by atoms with van der Waals surface area (Å²) in [4.78, 5) is 35.9. The SMILES string of the molecule is C[C@H](CC(=O)NCC(=O)Nc1cc(Cl)ccc1Cl)NC(=O)c1ccccc1. The highest BCUT2D eigenvalue weighted by Gasteiger charge is 2.14. The van der Waals surface area contributed by atoms with E-state index >= 15 is 0 Å². The number of halogens is 2. The van der Waals surface area contributed by atoms with Gasteiger partial charge in [-0.15, -0.1) is 0 Å². The van der Waals surface area contributed by atoms with E-state index in [2.05, 4.69) is 16.0 Å². The number of nitrogens with one attached hydrogen (secondary N) is 3. The Morgan fingerprint density at radius 2 is 1.70 bits per heavy atom. The third-order valence-corrected chi connectivity index (χ3v) is 4.12. The van der Waals surface area contributed by atoms with E-state index in [0.717, 1.165) is 0 Å². The molecule has 142 valence electrons. The maximum Gasteiger partial charge on any atom is 0.251 e. The van der Waals surface area contributed by atoms with Crippen LogP contribution in [0.5, 0.6) is 0 Å². The molecule has 0 spiro atoms. The third-order valence-electron chi connectivity index (χ3n) is 3.55. The Bertz CT molecular complexity index is 828. The summed E-state index contributed by atoms with van der Waals surface area (Å²) in [5.41, 5.74) is 0.884. The summed E-state index contributed by atoms with van der Waals surface area (Å²) < 4.78 is 0. The van der Waals surface area contributed by atoms with Gasteiger partial charge < -0.3 is 16.0 Å². The lowest BCUT2D eigenvalue weighted by molar-refractivity contribution is -0.124. The Morgan fingerprint density at radius 1 is 1.00 bits per heavy atom. The number of hydrogen-bond acceptors (Lipinski definition) is 3. The average Bonchev–Trinajstić information content (AvgIpc) is 2.63. The molecular formula is C19H19Cl2N3O3. The van der Waals surface area contributed by atoms with Crippen LogP contribution in [0.25, 0.3) is 0 Å². The highest BCUT2D eigenvalue weighted by atomic mass is 35.5. The number of carbonyl (C=O) groups excluding carboxylic acids is 3. The van der Waals surface area contributed by atoms with Gasteiger partial charge in [-0.3, -0.25) is 14.4 Å². The number of anilines is 1. The monoisotopic (exact) mass is 407 g/mol. The molecule has 1 atom stereocenters. The van der Waals surface area contributed by atoms with E-state index in [0.29, 0.717) is 21.3 Å². The molecular weight excluding hydrogens is 389 g/mol. The molecule has 2 aromatic carbocycles. The smallest absolute Gasteiger partial charge is 0.251 e. The second-order valence-corrected chi connectivity index (χ2v) is 6.74. The Hall–Kier alpha value is -2.57. The third kappa shape index (κ3) is 6.92. The van der Waals surface area contributed by atoms with Gasteiger partial charge in [-0.1, -0.05) is 41.4 Å². The molecule has 0 aliphatic carbocycles. The molecule has 6 nitrogen and oxygen atoms in total. The Kier molecular flexibility index (Phi) is 7.64. The second-order valence-electron chi connectivity index (χ2n) is 5.89. The normalized spacial score (nSPS) is 11.4. The fourth-order valence-corrected chi connectivity index (χ4v) is 2.60. The number of carbonyl (C=O) groups is 3. The van der Waals surface area contributed by atoms with Crippen LogP contribution in [0, 0.1) is 0 Å². The van der Waals surface area contributed by atoms with E-state index in [1.165, 1.54) is 6.07 Å². The van der Waals surface area contributed by atoms with Crippen molar-refractivity contribution in [2.75, 3.05) is 11.9 Å². The summed E-state index contributed by atoms with van der Waals surface area (Å²) in [6, 6.07) is 13.0. The minimum absolute atomic E-state index is 0.0454. The predicted octanol–water partition coefficient (Wildman–Crippen LogP) is 3.26. The van der Waals surface area contributed by atoms with Crippen LogP contribution in [0.1, 0.15) is 23.7 Å². The van der Waals surface area contributed by atoms with E-state index in [1.807, 2.05) is 6.07 Å². The average molecular weight is 408 g/mol. The molecule has 0 aliphatic heterocycles. The topological polar surface area (TPSA) is 87.3 Å².